The van der Waals surface area contributed by atoms with Crippen molar-refractivity contribution in [1.29, 1.82) is 0 Å². The number of nitrogens with zero attached hydrogens (tertiary/aromatic N) is 1. The number of ether oxygens (including phenoxy) is 1. The van der Waals surface area contributed by atoms with Crippen LogP contribution < -0.4 is 4.74 Å². The maximum atomic E-state index is 12.4. The molecule has 1 aromatic carbocycles. The first-order valence-corrected chi connectivity index (χ1v) is 9.10. The summed E-state index contributed by atoms with van der Waals surface area (Å²) >= 11 is -1.91. The standard InChI is InChI=1S/C18H19NO4S/c1-3-23-14-5-4-12-7-18(20)16(15(12)9-14)8-13-6-11(2)17(19-13)10-24(21)22/h4-5,8-9H,3,6-7,10H2,1-2H3,(H,21,22)/b16-8-. The Labute approximate surface area is 143 Å². The minimum absolute atomic E-state index is 0.0253. The molecule has 1 aliphatic heterocycles. The van der Waals surface area contributed by atoms with Gasteiger partial charge in [0.15, 0.2) is 16.9 Å². The Hall–Kier alpha value is -2.05. The van der Waals surface area contributed by atoms with Gasteiger partial charge in [-0.2, -0.15) is 0 Å². The van der Waals surface area contributed by atoms with E-state index in [0.717, 1.165) is 28.2 Å². The van der Waals surface area contributed by atoms with Crippen LogP contribution in [-0.4, -0.2) is 32.6 Å². The zero-order chi connectivity index (χ0) is 17.3. The zero-order valence-corrected chi connectivity index (χ0v) is 14.5. The highest BCUT2D eigenvalue weighted by Crippen LogP contribution is 2.33. The molecule has 0 fully saturated rings. The second-order valence-corrected chi connectivity index (χ2v) is 6.81. The number of hydrogen-bond donors (Lipinski definition) is 1. The average Bonchev–Trinajstić information content (AvgIpc) is 3.00. The molecule has 3 rings (SSSR count). The van der Waals surface area contributed by atoms with Gasteiger partial charge in [-0.05, 0) is 48.8 Å². The van der Waals surface area contributed by atoms with Gasteiger partial charge in [0.2, 0.25) is 0 Å². The molecule has 1 atom stereocenters. The van der Waals surface area contributed by atoms with Gasteiger partial charge in [0.25, 0.3) is 0 Å². The molecule has 5 nitrogen and oxygen atoms in total. The number of carbonyl (C=O) groups is 1. The summed E-state index contributed by atoms with van der Waals surface area (Å²) < 4.78 is 25.6. The molecule has 0 amide bonds. The number of benzene rings is 1. The van der Waals surface area contributed by atoms with Crippen molar-refractivity contribution in [3.63, 3.8) is 0 Å². The summed E-state index contributed by atoms with van der Waals surface area (Å²) in [7, 11) is 0. The molecule has 1 heterocycles. The van der Waals surface area contributed by atoms with Gasteiger partial charge < -0.3 is 9.29 Å². The smallest absolute Gasteiger partial charge is 0.167 e. The molecule has 24 heavy (non-hydrogen) atoms. The summed E-state index contributed by atoms with van der Waals surface area (Å²) in [6.45, 7) is 4.39. The van der Waals surface area contributed by atoms with Crippen LogP contribution >= 0.6 is 0 Å². The Balaban J connectivity index is 1.91. The maximum absolute atomic E-state index is 12.4. The fraction of sp³-hybridized carbons (Fsp3) is 0.333. The highest BCUT2D eigenvalue weighted by Gasteiger charge is 2.26. The Bertz CT molecular complexity index is 820. The van der Waals surface area contributed by atoms with Crippen molar-refractivity contribution in [2.24, 2.45) is 4.99 Å². The van der Waals surface area contributed by atoms with Gasteiger partial charge in [0, 0.05) is 24.1 Å². The van der Waals surface area contributed by atoms with E-state index < -0.39 is 11.1 Å². The fourth-order valence-corrected chi connectivity index (χ4v) is 3.54. The van der Waals surface area contributed by atoms with E-state index in [4.69, 9.17) is 9.29 Å². The molecule has 0 radical (unpaired) electrons. The summed E-state index contributed by atoms with van der Waals surface area (Å²) in [5, 5.41) is 0. The first kappa shape index (κ1) is 16.8. The lowest BCUT2D eigenvalue weighted by Crippen LogP contribution is -1.99. The predicted molar refractivity (Wildman–Crippen MR) is 94.7 cm³/mol. The summed E-state index contributed by atoms with van der Waals surface area (Å²) in [6.07, 6.45) is 2.80. The topological polar surface area (TPSA) is 76.0 Å². The van der Waals surface area contributed by atoms with Crippen molar-refractivity contribution < 1.29 is 18.3 Å². The SMILES string of the molecule is CCOc1ccc2c(c1)/C(=C/C1=NC(CS(=O)O)=C(C)C1)C(=O)C2. The van der Waals surface area contributed by atoms with Crippen molar-refractivity contribution >= 4 is 28.1 Å². The van der Waals surface area contributed by atoms with E-state index in [2.05, 4.69) is 4.99 Å². The minimum atomic E-state index is -1.91. The van der Waals surface area contributed by atoms with Gasteiger partial charge in [-0.3, -0.25) is 9.79 Å². The van der Waals surface area contributed by atoms with Crippen molar-refractivity contribution in [2.45, 2.75) is 26.7 Å². The highest BCUT2D eigenvalue weighted by atomic mass is 32.2. The van der Waals surface area contributed by atoms with E-state index >= 15 is 0 Å². The normalized spacial score (nSPS) is 19.7. The molecular formula is C18H19NO4S. The number of aliphatic imine (C=N–C) groups is 1. The van der Waals surface area contributed by atoms with Crippen molar-refractivity contribution in [3.05, 3.63) is 46.7 Å². The van der Waals surface area contributed by atoms with E-state index in [0.29, 0.717) is 30.7 Å². The van der Waals surface area contributed by atoms with Crippen LogP contribution in [-0.2, 0) is 22.3 Å². The van der Waals surface area contributed by atoms with E-state index in [-0.39, 0.29) is 11.5 Å². The Morgan fingerprint density at radius 2 is 2.17 bits per heavy atom. The number of rotatable bonds is 5. The van der Waals surface area contributed by atoms with E-state index in [1.165, 1.54) is 0 Å². The molecule has 1 aromatic rings. The molecule has 0 bridgehead atoms. The predicted octanol–water partition coefficient (Wildman–Crippen LogP) is 2.93. The lowest BCUT2D eigenvalue weighted by Gasteiger charge is -2.06. The third-order valence-corrected chi connectivity index (χ3v) is 4.64. The number of fused-ring (bicyclic) bond motifs is 1. The number of allylic oxidation sites excluding steroid dienone is 3. The molecule has 1 N–H and O–H groups in total. The van der Waals surface area contributed by atoms with Crippen LogP contribution in [0.5, 0.6) is 5.75 Å². The van der Waals surface area contributed by atoms with Crippen LogP contribution in [0, 0.1) is 0 Å². The number of carbonyl (C=O) groups excluding carboxylic acids is 1. The van der Waals surface area contributed by atoms with Gasteiger partial charge >= 0.3 is 0 Å². The van der Waals surface area contributed by atoms with Crippen molar-refractivity contribution in [1.82, 2.24) is 0 Å². The lowest BCUT2D eigenvalue weighted by molar-refractivity contribution is -0.112. The van der Waals surface area contributed by atoms with Gasteiger partial charge in [-0.25, -0.2) is 4.21 Å². The van der Waals surface area contributed by atoms with E-state index in [9.17, 15) is 9.00 Å². The average molecular weight is 345 g/mol. The second-order valence-electron chi connectivity index (χ2n) is 5.88. The molecule has 0 spiro atoms. The monoisotopic (exact) mass is 345 g/mol. The Morgan fingerprint density at radius 1 is 1.38 bits per heavy atom. The summed E-state index contributed by atoms with van der Waals surface area (Å²) in [4.78, 5) is 16.8. The van der Waals surface area contributed by atoms with Gasteiger partial charge in [0.05, 0.1) is 18.1 Å². The third-order valence-electron chi connectivity index (χ3n) is 4.12. The maximum Gasteiger partial charge on any atom is 0.167 e. The first-order chi connectivity index (χ1) is 11.5. The molecule has 0 saturated heterocycles. The zero-order valence-electron chi connectivity index (χ0n) is 13.7. The summed E-state index contributed by atoms with van der Waals surface area (Å²) in [5.41, 5.74) is 4.89. The van der Waals surface area contributed by atoms with Crippen LogP contribution in [0.25, 0.3) is 5.57 Å². The quantitative estimate of drug-likeness (QED) is 0.657. The fourth-order valence-electron chi connectivity index (χ4n) is 3.00. The van der Waals surface area contributed by atoms with E-state index in [1.807, 2.05) is 32.0 Å². The van der Waals surface area contributed by atoms with Crippen molar-refractivity contribution in [3.8, 4) is 5.75 Å². The summed E-state index contributed by atoms with van der Waals surface area (Å²) in [6, 6.07) is 5.71. The van der Waals surface area contributed by atoms with Crippen LogP contribution in [0.2, 0.25) is 0 Å². The summed E-state index contributed by atoms with van der Waals surface area (Å²) in [5.74, 6) is 0.839. The molecule has 0 aromatic heterocycles. The molecule has 126 valence electrons. The van der Waals surface area contributed by atoms with Crippen LogP contribution in [0.3, 0.4) is 0 Å². The van der Waals surface area contributed by atoms with Gasteiger partial charge in [-0.1, -0.05) is 6.07 Å². The minimum Gasteiger partial charge on any atom is -0.494 e. The third kappa shape index (κ3) is 3.39. The number of hydrogen-bond acceptors (Lipinski definition) is 4. The Morgan fingerprint density at radius 3 is 2.88 bits per heavy atom. The lowest BCUT2D eigenvalue weighted by atomic mass is 10.0. The number of ketones is 1. The van der Waals surface area contributed by atoms with Gasteiger partial charge in [-0.15, -0.1) is 0 Å². The van der Waals surface area contributed by atoms with Crippen LogP contribution in [0.1, 0.15) is 31.4 Å². The van der Waals surface area contributed by atoms with E-state index in [1.54, 1.807) is 6.08 Å². The molecule has 1 unspecified atom stereocenters. The Kier molecular flexibility index (Phi) is 4.78. The van der Waals surface area contributed by atoms with Gasteiger partial charge in [0.1, 0.15) is 5.75 Å². The molecule has 1 aliphatic carbocycles. The van der Waals surface area contributed by atoms with Crippen LogP contribution in [0.4, 0.5) is 0 Å². The molecular weight excluding hydrogens is 326 g/mol. The number of Topliss-reactive ketones (excluding diaryl/α,β-unsaturated/α-hetero) is 1. The molecule has 0 saturated carbocycles. The largest absolute Gasteiger partial charge is 0.494 e. The highest BCUT2D eigenvalue weighted by molar-refractivity contribution is 7.79. The molecule has 2 aliphatic rings. The second kappa shape index (κ2) is 6.83. The first-order valence-electron chi connectivity index (χ1n) is 7.82. The van der Waals surface area contributed by atoms with Crippen molar-refractivity contribution in [2.75, 3.05) is 12.4 Å². The molecule has 6 heteroatoms. The van der Waals surface area contributed by atoms with Crippen LogP contribution in [0.15, 0.2) is 40.5 Å².